The molecule has 0 unspecified atom stereocenters. The van der Waals surface area contributed by atoms with E-state index in [1.54, 1.807) is 7.11 Å². The molecule has 24 heavy (non-hydrogen) atoms. The van der Waals surface area contributed by atoms with Gasteiger partial charge in [0.15, 0.2) is 0 Å². The van der Waals surface area contributed by atoms with Gasteiger partial charge in [-0.2, -0.15) is 0 Å². The van der Waals surface area contributed by atoms with Crippen molar-refractivity contribution in [1.82, 2.24) is 14.9 Å². The Labute approximate surface area is 145 Å². The first kappa shape index (κ1) is 17.9. The Bertz CT molecular complexity index is 536. The highest BCUT2D eigenvalue weighted by Crippen LogP contribution is 2.39. The highest BCUT2D eigenvalue weighted by molar-refractivity contribution is 5.05. The van der Waals surface area contributed by atoms with Crippen molar-refractivity contribution in [2.45, 2.75) is 64.5 Å². The number of aromatic amines is 1. The number of ether oxygens (including phenoxy) is 1. The molecule has 5 heteroatoms. The number of aromatic nitrogens is 2. The zero-order valence-electron chi connectivity index (χ0n) is 15.5. The first-order valence-corrected chi connectivity index (χ1v) is 9.38. The quantitative estimate of drug-likeness (QED) is 0.839. The molecule has 2 fully saturated rings. The lowest BCUT2D eigenvalue weighted by molar-refractivity contribution is -0.151. The summed E-state index contributed by atoms with van der Waals surface area (Å²) in [6, 6.07) is 0. The van der Waals surface area contributed by atoms with Gasteiger partial charge in [-0.15, -0.1) is 0 Å². The first-order valence-electron chi connectivity index (χ1n) is 9.38. The molecule has 0 amide bonds. The zero-order chi connectivity index (χ0) is 17.2. The average Bonchev–Trinajstić information content (AvgIpc) is 3.16. The first-order chi connectivity index (χ1) is 11.4. The summed E-state index contributed by atoms with van der Waals surface area (Å²) in [5.41, 5.74) is 0.268. The molecule has 1 atom stereocenters. The molecule has 3 rings (SSSR count). The fourth-order valence-corrected chi connectivity index (χ4v) is 4.43. The van der Waals surface area contributed by atoms with Gasteiger partial charge in [0.2, 0.25) is 0 Å². The van der Waals surface area contributed by atoms with Gasteiger partial charge >= 0.3 is 0 Å². The number of aliphatic hydroxyl groups is 1. The Kier molecular flexibility index (Phi) is 5.33. The third-order valence-electron chi connectivity index (χ3n) is 6.14. The lowest BCUT2D eigenvalue weighted by Crippen LogP contribution is -2.59. The Balaban J connectivity index is 1.56. The van der Waals surface area contributed by atoms with Gasteiger partial charge in [0.05, 0.1) is 12.2 Å². The van der Waals surface area contributed by atoms with Gasteiger partial charge in [-0.3, -0.25) is 4.90 Å². The maximum atomic E-state index is 10.9. The summed E-state index contributed by atoms with van der Waals surface area (Å²) in [6.45, 7) is 7.31. The van der Waals surface area contributed by atoms with Crippen molar-refractivity contribution >= 4 is 0 Å². The number of hydrogen-bond acceptors (Lipinski definition) is 4. The fourth-order valence-electron chi connectivity index (χ4n) is 4.43. The summed E-state index contributed by atoms with van der Waals surface area (Å²) in [5, 5.41) is 10.9. The van der Waals surface area contributed by atoms with Crippen LogP contribution in [0.1, 0.15) is 57.5 Å². The maximum Gasteiger partial charge on any atom is 0.106 e. The van der Waals surface area contributed by atoms with Gasteiger partial charge in [-0.05, 0) is 12.3 Å². The summed E-state index contributed by atoms with van der Waals surface area (Å²) in [7, 11) is 1.66. The summed E-state index contributed by atoms with van der Waals surface area (Å²) < 4.78 is 5.26. The van der Waals surface area contributed by atoms with Crippen molar-refractivity contribution < 1.29 is 9.84 Å². The van der Waals surface area contributed by atoms with Crippen LogP contribution in [0.5, 0.6) is 0 Å². The van der Waals surface area contributed by atoms with E-state index in [2.05, 4.69) is 28.7 Å². The molecule has 0 radical (unpaired) electrons. The van der Waals surface area contributed by atoms with E-state index in [4.69, 9.17) is 4.74 Å². The number of imidazole rings is 1. The Morgan fingerprint density at radius 3 is 2.79 bits per heavy atom. The van der Waals surface area contributed by atoms with Gasteiger partial charge < -0.3 is 14.8 Å². The number of H-pyrrole nitrogens is 1. The molecule has 5 nitrogen and oxygen atoms in total. The third kappa shape index (κ3) is 3.84. The van der Waals surface area contributed by atoms with Crippen LogP contribution in [-0.4, -0.2) is 52.4 Å². The smallest absolute Gasteiger partial charge is 0.106 e. The van der Waals surface area contributed by atoms with E-state index in [1.165, 1.54) is 31.4 Å². The third-order valence-corrected chi connectivity index (χ3v) is 6.14. The lowest BCUT2D eigenvalue weighted by atomic mass is 9.70. The summed E-state index contributed by atoms with van der Waals surface area (Å²) in [4.78, 5) is 10.5. The minimum Gasteiger partial charge on any atom is -0.387 e. The topological polar surface area (TPSA) is 61.4 Å². The number of hydrogen-bond donors (Lipinski definition) is 2. The molecule has 2 aliphatic rings. The molecule has 1 saturated heterocycles. The molecule has 1 aliphatic carbocycles. The molecule has 0 aromatic carbocycles. The van der Waals surface area contributed by atoms with Crippen LogP contribution < -0.4 is 0 Å². The van der Waals surface area contributed by atoms with E-state index in [0.29, 0.717) is 6.61 Å². The van der Waals surface area contributed by atoms with E-state index in [0.717, 1.165) is 44.2 Å². The van der Waals surface area contributed by atoms with Gasteiger partial charge in [0.25, 0.3) is 0 Å². The van der Waals surface area contributed by atoms with Crippen LogP contribution in [0.4, 0.5) is 0 Å². The van der Waals surface area contributed by atoms with Crippen LogP contribution in [0, 0.1) is 11.3 Å². The molecular weight excluding hydrogens is 302 g/mol. The molecule has 2 heterocycles. The van der Waals surface area contributed by atoms with Crippen molar-refractivity contribution in [3.05, 3.63) is 17.7 Å². The van der Waals surface area contributed by atoms with E-state index in [1.807, 2.05) is 6.20 Å². The number of piperidine rings is 1. The molecule has 1 saturated carbocycles. The fraction of sp³-hybridized carbons (Fsp3) is 0.842. The van der Waals surface area contributed by atoms with E-state index >= 15 is 0 Å². The average molecular weight is 335 g/mol. The molecule has 1 aromatic heterocycles. The van der Waals surface area contributed by atoms with Gasteiger partial charge in [0, 0.05) is 50.5 Å². The highest BCUT2D eigenvalue weighted by Gasteiger charge is 2.47. The zero-order valence-corrected chi connectivity index (χ0v) is 15.5. The van der Waals surface area contributed by atoms with Gasteiger partial charge in [-0.1, -0.05) is 39.5 Å². The van der Waals surface area contributed by atoms with Crippen molar-refractivity contribution in [2.24, 2.45) is 11.3 Å². The minimum absolute atomic E-state index is 0.187. The Hall–Kier alpha value is -0.910. The number of likely N-dealkylation sites (tertiary alicyclic amines) is 1. The lowest BCUT2D eigenvalue weighted by Gasteiger charge is -2.50. The van der Waals surface area contributed by atoms with Crippen molar-refractivity contribution in [3.63, 3.8) is 0 Å². The Morgan fingerprint density at radius 2 is 2.12 bits per heavy atom. The SMILES string of the molecule is COC[C@]1(O)CCN(Cc2cnc(CC3CCCC3)[nH]2)CC1(C)C. The molecule has 0 bridgehead atoms. The monoisotopic (exact) mass is 335 g/mol. The standard InChI is InChI=1S/C19H33N3O2/c1-18(2)13-22(9-8-19(18,23)14-24-3)12-16-11-20-17(21-16)10-15-6-4-5-7-15/h11,15,23H,4-10,12-14H2,1-3H3,(H,20,21)/t19-/m1/s1. The normalized spacial score (nSPS) is 28.5. The summed E-state index contributed by atoms with van der Waals surface area (Å²) >= 11 is 0. The van der Waals surface area contributed by atoms with Gasteiger partial charge in [-0.25, -0.2) is 4.98 Å². The second kappa shape index (κ2) is 7.14. The van der Waals surface area contributed by atoms with Gasteiger partial charge in [0.1, 0.15) is 5.82 Å². The molecule has 1 aromatic rings. The number of nitrogens with zero attached hydrogens (tertiary/aromatic N) is 2. The van der Waals surface area contributed by atoms with Crippen LogP contribution >= 0.6 is 0 Å². The highest BCUT2D eigenvalue weighted by atomic mass is 16.5. The molecule has 0 spiro atoms. The summed E-state index contributed by atoms with van der Waals surface area (Å²) in [5.74, 6) is 1.96. The maximum absolute atomic E-state index is 10.9. The predicted molar refractivity (Wildman–Crippen MR) is 94.8 cm³/mol. The van der Waals surface area contributed by atoms with Crippen molar-refractivity contribution in [2.75, 3.05) is 26.8 Å². The van der Waals surface area contributed by atoms with Crippen LogP contribution in [-0.2, 0) is 17.7 Å². The Morgan fingerprint density at radius 1 is 1.38 bits per heavy atom. The van der Waals surface area contributed by atoms with Crippen LogP contribution in [0.25, 0.3) is 0 Å². The second-order valence-electron chi connectivity index (χ2n) is 8.52. The molecular formula is C19H33N3O2. The predicted octanol–water partition coefficient (Wildman–Crippen LogP) is 2.75. The minimum atomic E-state index is -0.736. The number of nitrogens with one attached hydrogen (secondary N) is 1. The molecule has 136 valence electrons. The number of methoxy groups -OCH3 is 1. The largest absolute Gasteiger partial charge is 0.387 e. The summed E-state index contributed by atoms with van der Waals surface area (Å²) in [6.07, 6.45) is 9.31. The van der Waals surface area contributed by atoms with Crippen molar-refractivity contribution in [3.8, 4) is 0 Å². The molecule has 2 N–H and O–H groups in total. The van der Waals surface area contributed by atoms with E-state index in [-0.39, 0.29) is 5.41 Å². The van der Waals surface area contributed by atoms with E-state index in [9.17, 15) is 5.11 Å². The second-order valence-corrected chi connectivity index (χ2v) is 8.52. The van der Waals surface area contributed by atoms with Crippen LogP contribution in [0.15, 0.2) is 6.20 Å². The van der Waals surface area contributed by atoms with Crippen molar-refractivity contribution in [1.29, 1.82) is 0 Å². The van der Waals surface area contributed by atoms with Crippen LogP contribution in [0.2, 0.25) is 0 Å². The van der Waals surface area contributed by atoms with Crippen LogP contribution in [0.3, 0.4) is 0 Å². The number of rotatable bonds is 6. The van der Waals surface area contributed by atoms with E-state index < -0.39 is 5.60 Å². The molecule has 1 aliphatic heterocycles.